The van der Waals surface area contributed by atoms with E-state index in [0.717, 1.165) is 48.9 Å². The largest absolute Gasteiger partial charge is 0.489 e. The molecule has 2 saturated heterocycles. The first kappa shape index (κ1) is 25.1. The quantitative estimate of drug-likeness (QED) is 0.269. The summed E-state index contributed by atoms with van der Waals surface area (Å²) in [7, 11) is 0. The summed E-state index contributed by atoms with van der Waals surface area (Å²) in [6.07, 6.45) is 1.77. The third-order valence-corrected chi connectivity index (χ3v) is 6.85. The van der Waals surface area contributed by atoms with Crippen molar-refractivity contribution in [2.45, 2.75) is 6.61 Å². The normalized spacial score (nSPS) is 16.1. The first-order valence-electron chi connectivity index (χ1n) is 13.3. The number of anilines is 3. The van der Waals surface area contributed by atoms with Gasteiger partial charge in [-0.25, -0.2) is 0 Å². The number of morpholine rings is 2. The van der Waals surface area contributed by atoms with Crippen molar-refractivity contribution in [3.63, 3.8) is 0 Å². The summed E-state index contributed by atoms with van der Waals surface area (Å²) in [6, 6.07) is 24.5. The van der Waals surface area contributed by atoms with Gasteiger partial charge in [0, 0.05) is 32.2 Å². The van der Waals surface area contributed by atoms with Crippen LogP contribution in [0.3, 0.4) is 0 Å². The maximum atomic E-state index is 6.14. The van der Waals surface area contributed by atoms with Gasteiger partial charge in [0.2, 0.25) is 5.95 Å². The molecular formula is C30H32N6O3. The molecule has 0 atom stereocenters. The SMILES string of the molecule is C(=N\Nc1cc(N2CCOCC2)nc(N2CCOCC2)n1)/c1cccc(OCc2cccc3ccccc23)c1. The van der Waals surface area contributed by atoms with Crippen molar-refractivity contribution in [1.29, 1.82) is 0 Å². The minimum Gasteiger partial charge on any atom is -0.489 e. The minimum absolute atomic E-state index is 0.496. The first-order chi connectivity index (χ1) is 19.3. The Hall–Kier alpha value is -4.21. The van der Waals surface area contributed by atoms with E-state index < -0.39 is 0 Å². The zero-order valence-electron chi connectivity index (χ0n) is 21.8. The molecule has 9 nitrogen and oxygen atoms in total. The van der Waals surface area contributed by atoms with Crippen LogP contribution in [-0.4, -0.2) is 68.8 Å². The van der Waals surface area contributed by atoms with Crippen LogP contribution in [0.25, 0.3) is 10.8 Å². The molecule has 9 heteroatoms. The molecule has 0 unspecified atom stereocenters. The van der Waals surface area contributed by atoms with E-state index in [4.69, 9.17) is 24.2 Å². The molecule has 200 valence electrons. The molecule has 0 spiro atoms. The lowest BCUT2D eigenvalue weighted by Crippen LogP contribution is -2.39. The van der Waals surface area contributed by atoms with E-state index in [1.807, 2.05) is 30.3 Å². The van der Waals surface area contributed by atoms with E-state index in [0.29, 0.717) is 44.8 Å². The zero-order chi connectivity index (χ0) is 26.3. The van der Waals surface area contributed by atoms with Gasteiger partial charge in [-0.05, 0) is 34.0 Å². The molecule has 0 aliphatic carbocycles. The average molecular weight is 525 g/mol. The Bertz CT molecular complexity index is 1390. The van der Waals surface area contributed by atoms with Crippen molar-refractivity contribution in [3.05, 3.63) is 83.9 Å². The van der Waals surface area contributed by atoms with E-state index in [1.54, 1.807) is 6.21 Å². The highest BCUT2D eigenvalue weighted by atomic mass is 16.5. The van der Waals surface area contributed by atoms with E-state index >= 15 is 0 Å². The molecule has 6 rings (SSSR count). The first-order valence-corrected chi connectivity index (χ1v) is 13.3. The summed E-state index contributed by atoms with van der Waals surface area (Å²) in [5, 5.41) is 6.90. The van der Waals surface area contributed by atoms with Crippen LogP contribution in [0.2, 0.25) is 0 Å². The molecule has 1 aromatic heterocycles. The molecule has 2 aliphatic heterocycles. The molecular weight excluding hydrogens is 492 g/mol. The van der Waals surface area contributed by atoms with Gasteiger partial charge in [-0.3, -0.25) is 5.43 Å². The summed E-state index contributed by atoms with van der Waals surface area (Å²) >= 11 is 0. The number of aromatic nitrogens is 2. The lowest BCUT2D eigenvalue weighted by atomic mass is 10.1. The summed E-state index contributed by atoms with van der Waals surface area (Å²) < 4.78 is 17.2. The van der Waals surface area contributed by atoms with Gasteiger partial charge in [0.25, 0.3) is 0 Å². The van der Waals surface area contributed by atoms with Gasteiger partial charge in [0.15, 0.2) is 5.82 Å². The molecule has 0 amide bonds. The predicted molar refractivity (Wildman–Crippen MR) is 154 cm³/mol. The maximum Gasteiger partial charge on any atom is 0.229 e. The lowest BCUT2D eigenvalue weighted by molar-refractivity contribution is 0.121. The fourth-order valence-corrected chi connectivity index (χ4v) is 4.78. The number of nitrogens with zero attached hydrogens (tertiary/aromatic N) is 5. The Morgan fingerprint density at radius 1 is 0.821 bits per heavy atom. The Labute approximate surface area is 228 Å². The standard InChI is InChI=1S/C30H32N6O3/c1-2-10-27-24(6-1)7-4-8-25(27)22-39-26-9-3-5-23(19-26)21-31-34-28-20-29(35-11-15-37-16-12-35)33-30(32-28)36-13-17-38-18-14-36/h1-10,19-21H,11-18,22H2,(H,32,33,34)/b31-21+. The molecule has 3 heterocycles. The fourth-order valence-electron chi connectivity index (χ4n) is 4.78. The predicted octanol–water partition coefficient (Wildman–Crippen LogP) is 4.33. The highest BCUT2D eigenvalue weighted by Gasteiger charge is 2.19. The van der Waals surface area contributed by atoms with Crippen molar-refractivity contribution < 1.29 is 14.2 Å². The molecule has 1 N–H and O–H groups in total. The molecule has 4 aromatic rings. The molecule has 3 aromatic carbocycles. The van der Waals surface area contributed by atoms with Crippen LogP contribution in [-0.2, 0) is 16.1 Å². The van der Waals surface area contributed by atoms with Crippen molar-refractivity contribution >= 4 is 34.6 Å². The van der Waals surface area contributed by atoms with Gasteiger partial charge in [0.05, 0.1) is 32.6 Å². The second-order valence-electron chi connectivity index (χ2n) is 9.48. The molecule has 2 fully saturated rings. The Balaban J connectivity index is 1.15. The van der Waals surface area contributed by atoms with Crippen molar-refractivity contribution in [2.24, 2.45) is 5.10 Å². The van der Waals surface area contributed by atoms with Crippen LogP contribution < -0.4 is 20.0 Å². The van der Waals surface area contributed by atoms with Crippen LogP contribution in [0.5, 0.6) is 5.75 Å². The van der Waals surface area contributed by atoms with E-state index in [9.17, 15) is 0 Å². The third kappa shape index (κ3) is 6.27. The molecule has 39 heavy (non-hydrogen) atoms. The third-order valence-electron chi connectivity index (χ3n) is 6.85. The molecule has 0 bridgehead atoms. The van der Waals surface area contributed by atoms with E-state index in [-0.39, 0.29) is 0 Å². The second kappa shape index (κ2) is 12.1. The average Bonchev–Trinajstić information content (AvgIpc) is 3.01. The topological polar surface area (TPSA) is 84.3 Å². The van der Waals surface area contributed by atoms with Crippen molar-refractivity contribution in [2.75, 3.05) is 67.8 Å². The number of rotatable bonds is 8. The van der Waals surface area contributed by atoms with Crippen molar-refractivity contribution in [1.82, 2.24) is 9.97 Å². The van der Waals surface area contributed by atoms with E-state index in [2.05, 4.69) is 62.8 Å². The summed E-state index contributed by atoms with van der Waals surface area (Å²) in [5.41, 5.74) is 5.19. The van der Waals surface area contributed by atoms with Crippen LogP contribution >= 0.6 is 0 Å². The smallest absolute Gasteiger partial charge is 0.229 e. The molecule has 0 saturated carbocycles. The molecule has 0 radical (unpaired) electrons. The number of nitrogens with one attached hydrogen (secondary N) is 1. The number of ether oxygens (including phenoxy) is 3. The number of fused-ring (bicyclic) bond motifs is 1. The van der Waals surface area contributed by atoms with Crippen LogP contribution in [0.4, 0.5) is 17.6 Å². The van der Waals surface area contributed by atoms with Gasteiger partial charge in [-0.2, -0.15) is 15.1 Å². The highest BCUT2D eigenvalue weighted by molar-refractivity contribution is 5.85. The van der Waals surface area contributed by atoms with Crippen LogP contribution in [0.1, 0.15) is 11.1 Å². The van der Waals surface area contributed by atoms with Crippen LogP contribution in [0, 0.1) is 0 Å². The number of hydrogen-bond acceptors (Lipinski definition) is 9. The van der Waals surface area contributed by atoms with Gasteiger partial charge < -0.3 is 24.0 Å². The number of hydrazone groups is 1. The summed E-state index contributed by atoms with van der Waals surface area (Å²) in [5.74, 6) is 2.99. The van der Waals surface area contributed by atoms with Gasteiger partial charge >= 0.3 is 0 Å². The maximum absolute atomic E-state index is 6.14. The fraction of sp³-hybridized carbons (Fsp3) is 0.300. The Morgan fingerprint density at radius 3 is 2.41 bits per heavy atom. The summed E-state index contributed by atoms with van der Waals surface area (Å²) in [4.78, 5) is 14.0. The highest BCUT2D eigenvalue weighted by Crippen LogP contribution is 2.23. The zero-order valence-corrected chi connectivity index (χ0v) is 21.8. The van der Waals surface area contributed by atoms with E-state index in [1.165, 1.54) is 10.8 Å². The van der Waals surface area contributed by atoms with Gasteiger partial charge in [-0.1, -0.05) is 54.6 Å². The molecule has 2 aliphatic rings. The van der Waals surface area contributed by atoms with Crippen molar-refractivity contribution in [3.8, 4) is 5.75 Å². The van der Waals surface area contributed by atoms with Gasteiger partial charge in [0.1, 0.15) is 18.2 Å². The monoisotopic (exact) mass is 524 g/mol. The van der Waals surface area contributed by atoms with Crippen LogP contribution in [0.15, 0.2) is 77.9 Å². The van der Waals surface area contributed by atoms with Gasteiger partial charge in [-0.15, -0.1) is 0 Å². The number of hydrogen-bond donors (Lipinski definition) is 1. The Morgan fingerprint density at radius 2 is 1.56 bits per heavy atom. The minimum atomic E-state index is 0.496. The number of benzene rings is 3. The lowest BCUT2D eigenvalue weighted by Gasteiger charge is -2.31. The second-order valence-corrected chi connectivity index (χ2v) is 9.48. The Kier molecular flexibility index (Phi) is 7.79. The summed E-state index contributed by atoms with van der Waals surface area (Å²) in [6.45, 7) is 6.35.